The quantitative estimate of drug-likeness (QED) is 0.656. The molecule has 1 aliphatic heterocycles. The topological polar surface area (TPSA) is 63.7 Å². The molecule has 0 radical (unpaired) electrons. The molecule has 1 saturated heterocycles. The Morgan fingerprint density at radius 2 is 1.83 bits per heavy atom. The third-order valence-corrected chi connectivity index (χ3v) is 5.53. The Morgan fingerprint density at radius 3 is 2.53 bits per heavy atom. The van der Waals surface area contributed by atoms with E-state index in [2.05, 4.69) is 12.2 Å². The molecule has 1 fully saturated rings. The monoisotopic (exact) mass is 405 g/mol. The number of rotatable bonds is 5. The highest BCUT2D eigenvalue weighted by Gasteiger charge is 2.24. The summed E-state index contributed by atoms with van der Waals surface area (Å²) in [4.78, 5) is 19.9. The Morgan fingerprint density at radius 1 is 1.10 bits per heavy atom. The van der Waals surface area contributed by atoms with Crippen LogP contribution in [0.3, 0.4) is 0 Å². The van der Waals surface area contributed by atoms with Gasteiger partial charge in [0.05, 0.1) is 25.4 Å². The zero-order valence-electron chi connectivity index (χ0n) is 17.6. The molecule has 1 atom stereocenters. The van der Waals surface area contributed by atoms with Gasteiger partial charge in [-0.3, -0.25) is 4.79 Å². The molecule has 6 heteroatoms. The number of nitrogens with one attached hydrogen (secondary N) is 1. The molecule has 1 unspecified atom stereocenters. The maximum absolute atomic E-state index is 13.3. The number of likely N-dealkylation sites (tertiary alicyclic amines) is 1. The van der Waals surface area contributed by atoms with Gasteiger partial charge in [0.1, 0.15) is 5.69 Å². The van der Waals surface area contributed by atoms with E-state index in [0.717, 1.165) is 42.7 Å². The average molecular weight is 405 g/mol. The van der Waals surface area contributed by atoms with Crippen molar-refractivity contribution in [1.29, 1.82) is 0 Å². The van der Waals surface area contributed by atoms with Gasteiger partial charge in [-0.15, -0.1) is 0 Å². The summed E-state index contributed by atoms with van der Waals surface area (Å²) in [5, 5.41) is 4.30. The van der Waals surface area contributed by atoms with Crippen LogP contribution in [0.15, 0.2) is 48.5 Å². The van der Waals surface area contributed by atoms with Crippen LogP contribution in [0.25, 0.3) is 10.9 Å². The number of piperidine rings is 1. The number of hydrogen-bond donors (Lipinski definition) is 1. The largest absolute Gasteiger partial charge is 0.493 e. The van der Waals surface area contributed by atoms with Crippen LogP contribution < -0.4 is 14.8 Å². The Labute approximate surface area is 176 Å². The number of para-hydroxylation sites is 1. The van der Waals surface area contributed by atoms with Crippen molar-refractivity contribution < 1.29 is 14.3 Å². The Bertz CT molecular complexity index is 1050. The zero-order chi connectivity index (χ0) is 21.1. The van der Waals surface area contributed by atoms with Gasteiger partial charge in [-0.25, -0.2) is 4.98 Å². The molecule has 0 aliphatic carbocycles. The summed E-state index contributed by atoms with van der Waals surface area (Å²) in [6.07, 6.45) is 2.19. The molecule has 1 aromatic heterocycles. The van der Waals surface area contributed by atoms with E-state index in [1.54, 1.807) is 14.2 Å². The predicted molar refractivity (Wildman–Crippen MR) is 119 cm³/mol. The molecule has 0 bridgehead atoms. The highest BCUT2D eigenvalue weighted by Crippen LogP contribution is 2.36. The normalized spacial score (nSPS) is 16.4. The lowest BCUT2D eigenvalue weighted by Crippen LogP contribution is -2.39. The van der Waals surface area contributed by atoms with Gasteiger partial charge in [0, 0.05) is 30.2 Å². The van der Waals surface area contributed by atoms with Crippen molar-refractivity contribution in [2.24, 2.45) is 5.92 Å². The number of amides is 1. The average Bonchev–Trinajstić information content (AvgIpc) is 2.78. The first kappa shape index (κ1) is 20.0. The number of benzene rings is 2. The summed E-state index contributed by atoms with van der Waals surface area (Å²) in [6, 6.07) is 15.4. The van der Waals surface area contributed by atoms with Crippen LogP contribution >= 0.6 is 0 Å². The lowest BCUT2D eigenvalue weighted by molar-refractivity contribution is 0.0677. The summed E-state index contributed by atoms with van der Waals surface area (Å²) in [6.45, 7) is 3.73. The van der Waals surface area contributed by atoms with E-state index >= 15 is 0 Å². The van der Waals surface area contributed by atoms with Crippen molar-refractivity contribution in [3.63, 3.8) is 0 Å². The molecule has 0 saturated carbocycles. The summed E-state index contributed by atoms with van der Waals surface area (Å²) >= 11 is 0. The van der Waals surface area contributed by atoms with Crippen molar-refractivity contribution in [1.82, 2.24) is 9.88 Å². The molecule has 4 rings (SSSR count). The standard InChI is InChI=1S/C24H27N3O3/c1-16-8-7-11-27(15-16)24(28)21-13-19(25-17-9-5-4-6-10-17)18-12-22(29-2)23(30-3)14-20(18)26-21/h4-6,9-10,12-14,16H,7-8,11,15H2,1-3H3,(H,25,26). The van der Waals surface area contributed by atoms with E-state index in [1.807, 2.05) is 53.4 Å². The van der Waals surface area contributed by atoms with E-state index < -0.39 is 0 Å². The molecule has 1 amide bonds. The maximum Gasteiger partial charge on any atom is 0.272 e. The van der Waals surface area contributed by atoms with Crippen molar-refractivity contribution >= 4 is 28.2 Å². The molecule has 6 nitrogen and oxygen atoms in total. The van der Waals surface area contributed by atoms with Gasteiger partial charge < -0.3 is 19.7 Å². The minimum atomic E-state index is -0.0330. The molecular formula is C24H27N3O3. The van der Waals surface area contributed by atoms with Crippen LogP contribution in [-0.4, -0.2) is 43.1 Å². The number of fused-ring (bicyclic) bond motifs is 1. The molecule has 1 aliphatic rings. The molecule has 156 valence electrons. The number of aromatic nitrogens is 1. The predicted octanol–water partition coefficient (Wildman–Crippen LogP) is 4.87. The maximum atomic E-state index is 13.3. The zero-order valence-corrected chi connectivity index (χ0v) is 17.6. The molecule has 1 N–H and O–H groups in total. The minimum Gasteiger partial charge on any atom is -0.493 e. The van der Waals surface area contributed by atoms with Crippen LogP contribution in [0.1, 0.15) is 30.3 Å². The molecule has 2 aromatic carbocycles. The Balaban J connectivity index is 1.81. The SMILES string of the molecule is COc1cc2nc(C(=O)N3CCCC(C)C3)cc(Nc3ccccc3)c2cc1OC. The number of methoxy groups -OCH3 is 2. The van der Waals surface area contributed by atoms with E-state index in [0.29, 0.717) is 28.6 Å². The highest BCUT2D eigenvalue weighted by molar-refractivity contribution is 6.01. The number of pyridine rings is 1. The first-order chi connectivity index (χ1) is 14.6. The van der Waals surface area contributed by atoms with Crippen molar-refractivity contribution in [2.45, 2.75) is 19.8 Å². The number of nitrogens with zero attached hydrogens (tertiary/aromatic N) is 2. The number of anilines is 2. The smallest absolute Gasteiger partial charge is 0.272 e. The van der Waals surface area contributed by atoms with Crippen LogP contribution in [0.4, 0.5) is 11.4 Å². The van der Waals surface area contributed by atoms with Gasteiger partial charge in [-0.1, -0.05) is 25.1 Å². The fourth-order valence-electron chi connectivity index (χ4n) is 3.98. The fraction of sp³-hybridized carbons (Fsp3) is 0.333. The summed E-state index contributed by atoms with van der Waals surface area (Å²) in [5.41, 5.74) is 2.86. The van der Waals surface area contributed by atoms with Gasteiger partial charge >= 0.3 is 0 Å². The van der Waals surface area contributed by atoms with E-state index in [1.165, 1.54) is 0 Å². The van der Waals surface area contributed by atoms with Crippen LogP contribution in [-0.2, 0) is 0 Å². The van der Waals surface area contributed by atoms with Gasteiger partial charge in [-0.05, 0) is 43.0 Å². The van der Waals surface area contributed by atoms with Crippen LogP contribution in [0.2, 0.25) is 0 Å². The first-order valence-electron chi connectivity index (χ1n) is 10.3. The van der Waals surface area contributed by atoms with Gasteiger partial charge in [-0.2, -0.15) is 0 Å². The number of carbonyl (C=O) groups excluding carboxylic acids is 1. The first-order valence-corrected chi connectivity index (χ1v) is 10.3. The summed E-state index contributed by atoms with van der Waals surface area (Å²) < 4.78 is 10.9. The van der Waals surface area contributed by atoms with Gasteiger partial charge in [0.25, 0.3) is 5.91 Å². The van der Waals surface area contributed by atoms with E-state index in [9.17, 15) is 4.79 Å². The van der Waals surface area contributed by atoms with E-state index in [4.69, 9.17) is 14.5 Å². The lowest BCUT2D eigenvalue weighted by atomic mass is 10.00. The second-order valence-corrected chi connectivity index (χ2v) is 7.77. The summed E-state index contributed by atoms with van der Waals surface area (Å²) in [5.74, 6) is 1.68. The molecular weight excluding hydrogens is 378 g/mol. The number of ether oxygens (including phenoxy) is 2. The van der Waals surface area contributed by atoms with Crippen LogP contribution in [0.5, 0.6) is 11.5 Å². The Hall–Kier alpha value is -3.28. The summed E-state index contributed by atoms with van der Waals surface area (Å²) in [7, 11) is 3.20. The van der Waals surface area contributed by atoms with Crippen molar-refractivity contribution in [3.8, 4) is 11.5 Å². The number of carbonyl (C=O) groups is 1. The Kier molecular flexibility index (Phi) is 5.74. The molecule has 2 heterocycles. The van der Waals surface area contributed by atoms with Crippen molar-refractivity contribution in [3.05, 3.63) is 54.2 Å². The van der Waals surface area contributed by atoms with Crippen molar-refractivity contribution in [2.75, 3.05) is 32.6 Å². The fourth-order valence-corrected chi connectivity index (χ4v) is 3.98. The van der Waals surface area contributed by atoms with Gasteiger partial charge in [0.15, 0.2) is 11.5 Å². The highest BCUT2D eigenvalue weighted by atomic mass is 16.5. The molecule has 0 spiro atoms. The lowest BCUT2D eigenvalue weighted by Gasteiger charge is -2.30. The third kappa shape index (κ3) is 4.03. The second kappa shape index (κ2) is 8.61. The molecule has 30 heavy (non-hydrogen) atoms. The van der Waals surface area contributed by atoms with Crippen LogP contribution in [0, 0.1) is 5.92 Å². The van der Waals surface area contributed by atoms with E-state index in [-0.39, 0.29) is 5.91 Å². The minimum absolute atomic E-state index is 0.0330. The second-order valence-electron chi connectivity index (χ2n) is 7.77. The van der Waals surface area contributed by atoms with Gasteiger partial charge in [0.2, 0.25) is 0 Å². The number of hydrogen-bond acceptors (Lipinski definition) is 5. The molecule has 3 aromatic rings. The third-order valence-electron chi connectivity index (χ3n) is 5.53.